The molecule has 3 aliphatic rings. The number of aromatic nitrogens is 4. The van der Waals surface area contributed by atoms with Crippen molar-refractivity contribution in [2.45, 2.75) is 37.8 Å². The summed E-state index contributed by atoms with van der Waals surface area (Å²) < 4.78 is 0. The monoisotopic (exact) mass is 342 g/mol. The largest absolute Gasteiger partial charge is 0.324 e. The number of urea groups is 1. The molecule has 3 fully saturated rings. The Balaban J connectivity index is 1.34. The first-order valence-corrected chi connectivity index (χ1v) is 8.59. The Morgan fingerprint density at radius 3 is 2.80 bits per heavy atom. The molecule has 0 spiro atoms. The number of carbonyl (C=O) groups excluding carboxylic acids is 1. The van der Waals surface area contributed by atoms with Gasteiger partial charge < -0.3 is 10.6 Å². The first-order chi connectivity index (χ1) is 12.2. The number of fused-ring (bicyclic) bond motifs is 3. The minimum absolute atomic E-state index is 0.222. The van der Waals surface area contributed by atoms with Crippen LogP contribution in [0, 0.1) is 0 Å². The molecule has 2 aliphatic heterocycles. The second-order valence-corrected chi connectivity index (χ2v) is 6.58. The zero-order valence-electron chi connectivity index (χ0n) is 14.1. The van der Waals surface area contributed by atoms with Crippen molar-refractivity contribution in [2.24, 2.45) is 0 Å². The van der Waals surface area contributed by atoms with Gasteiger partial charge in [0.05, 0.1) is 6.67 Å². The third-order valence-electron chi connectivity index (χ3n) is 5.15. The minimum Gasteiger partial charge on any atom is -0.324 e. The van der Waals surface area contributed by atoms with Gasteiger partial charge in [-0.05, 0) is 43.0 Å². The van der Waals surface area contributed by atoms with Crippen LogP contribution in [0.25, 0.3) is 11.4 Å². The maximum Gasteiger partial charge on any atom is 0.320 e. The number of amides is 2. The maximum atomic E-state index is 12.2. The minimum atomic E-state index is -0.222. The van der Waals surface area contributed by atoms with Gasteiger partial charge in [0.1, 0.15) is 0 Å². The molecule has 132 valence electrons. The quantitative estimate of drug-likeness (QED) is 0.777. The number of aromatic amines is 1. The average Bonchev–Trinajstić information content (AvgIpc) is 3.17. The van der Waals surface area contributed by atoms with E-state index in [1.165, 1.54) is 25.7 Å². The fourth-order valence-corrected chi connectivity index (χ4v) is 3.79. The normalized spacial score (nSPS) is 23.6. The molecule has 2 saturated heterocycles. The van der Waals surface area contributed by atoms with E-state index in [-0.39, 0.29) is 6.03 Å². The smallest absolute Gasteiger partial charge is 0.320 e. The second kappa shape index (κ2) is 6.77. The number of tetrazole rings is 1. The molecule has 9 heteroatoms. The highest BCUT2D eigenvalue weighted by Gasteiger charge is 2.37. The molecule has 0 unspecified atom stereocenters. The van der Waals surface area contributed by atoms with Crippen LogP contribution in [0.15, 0.2) is 24.3 Å². The summed E-state index contributed by atoms with van der Waals surface area (Å²) in [6.07, 6.45) is 4.94. The first-order valence-electron chi connectivity index (χ1n) is 8.59. The second-order valence-electron chi connectivity index (χ2n) is 6.58. The number of hydrogen-bond acceptors (Lipinski definition) is 6. The summed E-state index contributed by atoms with van der Waals surface area (Å²) in [6, 6.07) is 8.29. The Hall–Kier alpha value is -2.52. The molecule has 3 heterocycles. The van der Waals surface area contributed by atoms with Crippen molar-refractivity contribution in [1.29, 1.82) is 0 Å². The zero-order chi connectivity index (χ0) is 17.2. The van der Waals surface area contributed by atoms with E-state index in [0.29, 0.717) is 30.3 Å². The number of H-pyrrole nitrogens is 1. The van der Waals surface area contributed by atoms with Crippen LogP contribution in [-0.4, -0.2) is 62.5 Å². The van der Waals surface area contributed by atoms with E-state index in [9.17, 15) is 4.79 Å². The van der Waals surface area contributed by atoms with Crippen molar-refractivity contribution in [3.8, 4) is 11.4 Å². The lowest BCUT2D eigenvalue weighted by Crippen LogP contribution is -2.62. The maximum absolute atomic E-state index is 12.2. The summed E-state index contributed by atoms with van der Waals surface area (Å²) in [4.78, 5) is 12.2. The zero-order valence-corrected chi connectivity index (χ0v) is 14.1. The third-order valence-corrected chi connectivity index (χ3v) is 5.15. The molecular formula is C16H22N8O. The van der Waals surface area contributed by atoms with Crippen molar-refractivity contribution < 1.29 is 4.79 Å². The molecule has 3 N–H and O–H groups in total. The number of nitrogens with one attached hydrogen (secondary N) is 3. The molecule has 2 amide bonds. The summed E-state index contributed by atoms with van der Waals surface area (Å²) >= 11 is 0. The molecule has 0 atom stereocenters. The van der Waals surface area contributed by atoms with Gasteiger partial charge in [-0.3, -0.25) is 0 Å². The summed E-state index contributed by atoms with van der Waals surface area (Å²) in [5.74, 6) is 0.495. The number of benzene rings is 1. The van der Waals surface area contributed by atoms with Crippen LogP contribution >= 0.6 is 0 Å². The van der Waals surface area contributed by atoms with E-state index in [4.69, 9.17) is 0 Å². The predicted octanol–water partition coefficient (Wildman–Crippen LogP) is 1.42. The highest BCUT2D eigenvalue weighted by Crippen LogP contribution is 2.33. The van der Waals surface area contributed by atoms with Gasteiger partial charge in [0.25, 0.3) is 0 Å². The predicted molar refractivity (Wildman–Crippen MR) is 92.3 cm³/mol. The van der Waals surface area contributed by atoms with E-state index in [0.717, 1.165) is 5.56 Å². The van der Waals surface area contributed by atoms with Crippen molar-refractivity contribution in [1.82, 2.24) is 36.0 Å². The molecule has 9 nitrogen and oxygen atoms in total. The van der Waals surface area contributed by atoms with Crippen LogP contribution in [0.3, 0.4) is 0 Å². The third kappa shape index (κ3) is 3.33. The Morgan fingerprint density at radius 2 is 2.08 bits per heavy atom. The van der Waals surface area contributed by atoms with Gasteiger partial charge in [-0.1, -0.05) is 12.1 Å². The highest BCUT2D eigenvalue weighted by atomic mass is 16.2. The van der Waals surface area contributed by atoms with Gasteiger partial charge >= 0.3 is 6.03 Å². The van der Waals surface area contributed by atoms with Crippen LogP contribution in [0.5, 0.6) is 0 Å². The van der Waals surface area contributed by atoms with Gasteiger partial charge in [0, 0.05) is 30.4 Å². The number of hydrazine groups is 1. The lowest BCUT2D eigenvalue weighted by Gasteiger charge is -2.51. The summed E-state index contributed by atoms with van der Waals surface area (Å²) in [6.45, 7) is 0.522. The van der Waals surface area contributed by atoms with Gasteiger partial charge in [-0.25, -0.2) is 14.8 Å². The number of carbonyl (C=O) groups is 1. The first kappa shape index (κ1) is 16.0. The Labute approximate surface area is 145 Å². The van der Waals surface area contributed by atoms with Gasteiger partial charge in [-0.2, -0.15) is 5.21 Å². The van der Waals surface area contributed by atoms with E-state index in [2.05, 4.69) is 48.3 Å². The molecule has 1 aliphatic carbocycles. The molecule has 2 bridgehead atoms. The van der Waals surface area contributed by atoms with Gasteiger partial charge in [0.15, 0.2) is 0 Å². The lowest BCUT2D eigenvalue weighted by molar-refractivity contribution is -0.142. The van der Waals surface area contributed by atoms with Crippen molar-refractivity contribution in [3.05, 3.63) is 24.3 Å². The van der Waals surface area contributed by atoms with E-state index in [1.54, 1.807) is 0 Å². The van der Waals surface area contributed by atoms with Crippen LogP contribution in [0.4, 0.5) is 10.5 Å². The molecule has 0 radical (unpaired) electrons. The van der Waals surface area contributed by atoms with E-state index in [1.807, 2.05) is 24.3 Å². The van der Waals surface area contributed by atoms with Gasteiger partial charge in [-0.15, -0.1) is 10.2 Å². The molecular weight excluding hydrogens is 320 g/mol. The van der Waals surface area contributed by atoms with Crippen LogP contribution in [0.2, 0.25) is 0 Å². The van der Waals surface area contributed by atoms with Crippen molar-refractivity contribution in [3.63, 3.8) is 0 Å². The Kier molecular flexibility index (Phi) is 4.33. The topological polar surface area (TPSA) is 102 Å². The Bertz CT molecular complexity index is 723. The van der Waals surface area contributed by atoms with E-state index >= 15 is 0 Å². The summed E-state index contributed by atoms with van der Waals surface area (Å²) in [5.41, 5.74) is 1.48. The standard InChI is InChI=1S/C16H22N8O/c1-23-13-5-7-14(8-6-13)24(23)10-17-16(25)18-12-4-2-3-11(9-12)15-19-21-22-20-15/h2-4,9,13-14H,5-8,10H2,1H3,(H2,17,18,25)(H,19,20,21,22). The number of hydrogen-bond donors (Lipinski definition) is 3. The summed E-state index contributed by atoms with van der Waals surface area (Å²) in [5, 5.41) is 24.2. The fraction of sp³-hybridized carbons (Fsp3) is 0.500. The van der Waals surface area contributed by atoms with Crippen LogP contribution in [0.1, 0.15) is 25.7 Å². The van der Waals surface area contributed by atoms with E-state index < -0.39 is 0 Å². The molecule has 5 rings (SSSR count). The fourth-order valence-electron chi connectivity index (χ4n) is 3.79. The molecule has 25 heavy (non-hydrogen) atoms. The van der Waals surface area contributed by atoms with Gasteiger partial charge in [0.2, 0.25) is 5.82 Å². The van der Waals surface area contributed by atoms with Crippen molar-refractivity contribution in [2.75, 3.05) is 19.0 Å². The Morgan fingerprint density at radius 1 is 1.28 bits per heavy atom. The average molecular weight is 342 g/mol. The van der Waals surface area contributed by atoms with Crippen molar-refractivity contribution >= 4 is 11.7 Å². The lowest BCUT2D eigenvalue weighted by atomic mass is 9.87. The van der Waals surface area contributed by atoms with Crippen LogP contribution in [-0.2, 0) is 0 Å². The number of rotatable bonds is 4. The molecule has 1 aromatic heterocycles. The molecule has 2 aromatic rings. The number of nitrogens with zero attached hydrogens (tertiary/aromatic N) is 5. The highest BCUT2D eigenvalue weighted by molar-refractivity contribution is 5.89. The van der Waals surface area contributed by atoms with Crippen LogP contribution < -0.4 is 10.6 Å². The SMILES string of the molecule is CN1C2CCC(CC2)N1CNC(=O)Nc1cccc(-c2nn[nH]n2)c1. The molecule has 1 aromatic carbocycles. The molecule has 1 saturated carbocycles. The number of anilines is 1. The summed E-state index contributed by atoms with van der Waals surface area (Å²) in [7, 11) is 2.12.